The van der Waals surface area contributed by atoms with E-state index in [0.717, 1.165) is 60.7 Å². The number of piperidine rings is 1. The fourth-order valence-electron chi connectivity index (χ4n) is 6.25. The lowest BCUT2D eigenvalue weighted by Crippen LogP contribution is -2.45. The highest BCUT2D eigenvalue weighted by Gasteiger charge is 2.42. The summed E-state index contributed by atoms with van der Waals surface area (Å²) in [5, 5.41) is 4.23. The molecule has 247 valence electrons. The van der Waals surface area contributed by atoms with E-state index in [9.17, 15) is 31.1 Å². The molecule has 4 aliphatic rings. The molecule has 8 nitrogen and oxygen atoms in total. The van der Waals surface area contributed by atoms with Crippen LogP contribution in [-0.2, 0) is 17.1 Å². The Morgan fingerprint density at radius 1 is 0.896 bits per heavy atom. The first kappa shape index (κ1) is 31.9. The molecule has 7 rings (SSSR count). The zero-order chi connectivity index (χ0) is 33.8. The van der Waals surface area contributed by atoms with Gasteiger partial charge in [0.2, 0.25) is 5.91 Å². The van der Waals surface area contributed by atoms with Crippen LogP contribution in [0.5, 0.6) is 0 Å². The van der Waals surface area contributed by atoms with Gasteiger partial charge in [0, 0.05) is 28.6 Å². The van der Waals surface area contributed by atoms with E-state index in [0.29, 0.717) is 23.6 Å². The molecule has 1 radical (unpaired) electrons. The predicted octanol–water partition coefficient (Wildman–Crippen LogP) is 6.15. The van der Waals surface area contributed by atoms with Crippen LogP contribution in [0, 0.1) is 0 Å². The fraction of sp³-hybridized carbons (Fsp3) is 0.250. The van der Waals surface area contributed by atoms with Gasteiger partial charge in [-0.1, -0.05) is 12.1 Å². The molecule has 1 saturated heterocycles. The van der Waals surface area contributed by atoms with E-state index in [1.165, 1.54) is 11.2 Å². The van der Waals surface area contributed by atoms with Crippen molar-refractivity contribution in [3.8, 4) is 0 Å². The van der Waals surface area contributed by atoms with Gasteiger partial charge in [-0.05, 0) is 73.4 Å². The van der Waals surface area contributed by atoms with Crippen molar-refractivity contribution < 1.29 is 35.7 Å². The van der Waals surface area contributed by atoms with Crippen LogP contribution in [0.1, 0.15) is 47.2 Å². The van der Waals surface area contributed by atoms with E-state index in [4.69, 9.17) is 11.6 Å². The average Bonchev–Trinajstić information content (AvgIpc) is 3.82. The minimum atomic E-state index is -4.97. The third-order valence-corrected chi connectivity index (χ3v) is 8.75. The molecule has 2 aromatic carbocycles. The fourth-order valence-corrected chi connectivity index (χ4v) is 6.32. The van der Waals surface area contributed by atoms with Crippen molar-refractivity contribution in [1.29, 1.82) is 0 Å². The normalized spacial score (nSPS) is 17.7. The number of anilines is 2. The molecule has 1 amide bonds. The maximum Gasteiger partial charge on any atom is 0.553 e. The molecule has 3 N–H and O–H groups in total. The summed E-state index contributed by atoms with van der Waals surface area (Å²) in [6, 6.07) is 12.5. The van der Waals surface area contributed by atoms with Crippen LogP contribution in [0.15, 0.2) is 78.6 Å². The number of carbonyl (C=O) groups excluding carboxylic acids is 1. The second-order valence-corrected chi connectivity index (χ2v) is 11.9. The predicted molar refractivity (Wildman–Crippen MR) is 170 cm³/mol. The molecule has 0 atom stereocenters. The topological polar surface area (TPSA) is 67.6 Å². The van der Waals surface area contributed by atoms with E-state index >= 15 is 0 Å². The summed E-state index contributed by atoms with van der Waals surface area (Å²) in [5.74, 6) is 1.03. The number of hydrazine groups is 2. The molecule has 16 heteroatoms. The molecule has 0 spiro atoms. The van der Waals surface area contributed by atoms with E-state index in [1.54, 1.807) is 18.2 Å². The molecule has 1 aromatic heterocycles. The smallest absolute Gasteiger partial charge is 0.329 e. The first-order valence-corrected chi connectivity index (χ1v) is 15.6. The van der Waals surface area contributed by atoms with Gasteiger partial charge >= 0.3 is 19.9 Å². The Bertz CT molecular complexity index is 1870. The van der Waals surface area contributed by atoms with Gasteiger partial charge in [-0.15, -0.1) is 17.1 Å². The maximum absolute atomic E-state index is 13.6. The Labute approximate surface area is 276 Å². The van der Waals surface area contributed by atoms with E-state index in [-0.39, 0.29) is 29.1 Å². The third-order valence-electron chi connectivity index (χ3n) is 8.51. The minimum Gasteiger partial charge on any atom is -0.329 e. The average molecular weight is 686 g/mol. The number of hydrogen-bond acceptors (Lipinski definition) is 4. The van der Waals surface area contributed by atoms with Crippen LogP contribution in [0.2, 0.25) is 0 Å². The van der Waals surface area contributed by atoms with Gasteiger partial charge < -0.3 is 15.2 Å². The number of alkyl halides is 7. The van der Waals surface area contributed by atoms with Crippen LogP contribution in [-0.4, -0.2) is 52.1 Å². The van der Waals surface area contributed by atoms with Crippen molar-refractivity contribution in [3.05, 3.63) is 107 Å². The zero-order valence-electron chi connectivity index (χ0n) is 25.1. The summed E-state index contributed by atoms with van der Waals surface area (Å²) in [6.45, 7) is 1.79. The highest BCUT2D eigenvalue weighted by atomic mass is 35.5. The van der Waals surface area contributed by atoms with Gasteiger partial charge in [0.1, 0.15) is 17.4 Å². The summed E-state index contributed by atoms with van der Waals surface area (Å²) in [7, 11) is 1.92. The highest BCUT2D eigenvalue weighted by Crippen LogP contribution is 2.40. The monoisotopic (exact) mass is 685 g/mol. The molecular formula is C32H27BClF6N7O+. The third kappa shape index (κ3) is 5.96. The molecule has 0 bridgehead atoms. The number of hydrogen-bond donors (Lipinski definition) is 3. The Kier molecular flexibility index (Phi) is 8.06. The van der Waals surface area contributed by atoms with Crippen LogP contribution >= 0.6 is 11.6 Å². The molecule has 4 aliphatic heterocycles. The van der Waals surface area contributed by atoms with Crippen molar-refractivity contribution >= 4 is 53.7 Å². The summed E-state index contributed by atoms with van der Waals surface area (Å²) in [6.07, 6.45) is -1.13. The molecule has 48 heavy (non-hydrogen) atoms. The Balaban J connectivity index is 1.29. The quantitative estimate of drug-likeness (QED) is 0.130. The Morgan fingerprint density at radius 2 is 1.58 bits per heavy atom. The van der Waals surface area contributed by atoms with E-state index < -0.39 is 23.5 Å². The van der Waals surface area contributed by atoms with Crippen molar-refractivity contribution in [2.24, 2.45) is 0 Å². The number of amidine groups is 1. The first-order chi connectivity index (χ1) is 22.9. The van der Waals surface area contributed by atoms with Crippen molar-refractivity contribution in [1.82, 2.24) is 20.2 Å². The summed E-state index contributed by atoms with van der Waals surface area (Å²) in [4.78, 5) is 13.9. The van der Waals surface area contributed by atoms with Gasteiger partial charge in [0.05, 0.1) is 36.1 Å². The molecule has 1 fully saturated rings. The van der Waals surface area contributed by atoms with Crippen LogP contribution < -0.4 is 21.3 Å². The van der Waals surface area contributed by atoms with Crippen LogP contribution in [0.25, 0.3) is 11.3 Å². The molecule has 0 saturated carbocycles. The van der Waals surface area contributed by atoms with Crippen molar-refractivity contribution in [2.45, 2.75) is 31.6 Å². The number of nitrogens with one attached hydrogen (secondary N) is 3. The molecule has 3 aromatic rings. The van der Waals surface area contributed by atoms with Crippen LogP contribution in [0.4, 0.5) is 37.8 Å². The summed E-state index contributed by atoms with van der Waals surface area (Å²) < 4.78 is 85.7. The Hall–Kier alpha value is -4.63. The SMILES string of the molecule is O=C(CCl)Nc1ccc(C2=C3C=CC(=[N+]4CCCCC4)N3[B]n3c2ccc3N2C=C(c3cc(C(F)(F)F)cc(C(F)(F)F)c3)NN2)cc1. The number of aromatic nitrogens is 1. The van der Waals surface area contributed by atoms with Crippen molar-refractivity contribution in [3.63, 3.8) is 0 Å². The second kappa shape index (κ2) is 12.1. The van der Waals surface area contributed by atoms with Gasteiger partial charge in [-0.25, -0.2) is 5.01 Å². The lowest BCUT2D eigenvalue weighted by atomic mass is 9.91. The van der Waals surface area contributed by atoms with E-state index in [2.05, 4.69) is 37.8 Å². The largest absolute Gasteiger partial charge is 0.553 e. The second-order valence-electron chi connectivity index (χ2n) is 11.6. The van der Waals surface area contributed by atoms with Gasteiger partial charge in [-0.2, -0.15) is 26.3 Å². The summed E-state index contributed by atoms with van der Waals surface area (Å²) >= 11 is 5.65. The number of fused-ring (bicyclic) bond motifs is 2. The maximum atomic E-state index is 13.6. The molecule has 5 heterocycles. The zero-order valence-corrected chi connectivity index (χ0v) is 25.8. The number of rotatable bonds is 5. The number of carbonyl (C=O) groups is 1. The van der Waals surface area contributed by atoms with Gasteiger partial charge in [0.15, 0.2) is 0 Å². The number of nitrogens with zero attached hydrogens (tertiary/aromatic N) is 4. The summed E-state index contributed by atoms with van der Waals surface area (Å²) in [5.41, 5.74) is 6.57. The highest BCUT2D eigenvalue weighted by molar-refractivity contribution is 6.41. The number of halogens is 7. The lowest BCUT2D eigenvalue weighted by Gasteiger charge is -2.28. The van der Waals surface area contributed by atoms with Crippen molar-refractivity contribution in [2.75, 3.05) is 29.3 Å². The number of amides is 1. The Morgan fingerprint density at radius 3 is 2.23 bits per heavy atom. The number of benzene rings is 2. The van der Waals surface area contributed by atoms with Gasteiger partial charge in [0.25, 0.3) is 5.84 Å². The lowest BCUT2D eigenvalue weighted by molar-refractivity contribution is -0.539. The standard InChI is InChI=1S/C32H26BClF6N7O/c34-17-27(48)41-23-6-4-19(5-7-23)30-25-8-10-28(44-12-2-1-3-13-44)46(25)33-47-26(30)9-11-29(47)45-18-24(42-43-45)20-14-21(31(35,36)37)16-22(15-20)32(38,39)40/h4-11,14-16,18,42-43H,1-3,12-13,17H2/p+1. The minimum absolute atomic E-state index is 0.0207. The number of allylic oxidation sites excluding steroid dienone is 1. The first-order valence-electron chi connectivity index (χ1n) is 15.1. The van der Waals surface area contributed by atoms with Crippen LogP contribution in [0.3, 0.4) is 0 Å². The molecule has 0 unspecified atom stereocenters. The molecular weight excluding hydrogens is 659 g/mol. The molecule has 0 aliphatic carbocycles. The van der Waals surface area contributed by atoms with E-state index in [1.807, 2.05) is 30.2 Å². The van der Waals surface area contributed by atoms with Gasteiger partial charge in [-0.3, -0.25) is 14.2 Å².